The lowest BCUT2D eigenvalue weighted by atomic mass is 10.0. The van der Waals surface area contributed by atoms with Crippen LogP contribution >= 0.6 is 47.8 Å². The fourth-order valence-electron chi connectivity index (χ4n) is 3.50. The molecule has 2 fully saturated rings. The SMILES string of the molecule is Cl.Cl.O=C(Cc1csc(COc2ccc(Cl)cc2)n1)N1C[C@H]2CNC[C@H]2C1. The van der Waals surface area contributed by atoms with Crippen molar-refractivity contribution in [2.75, 3.05) is 26.2 Å². The van der Waals surface area contributed by atoms with Crippen molar-refractivity contribution in [1.82, 2.24) is 15.2 Å². The Kier molecular flexibility index (Phi) is 8.19. The summed E-state index contributed by atoms with van der Waals surface area (Å²) in [6, 6.07) is 7.26. The predicted octanol–water partition coefficient (Wildman–Crippen LogP) is 3.44. The molecule has 0 spiro atoms. The highest BCUT2D eigenvalue weighted by Gasteiger charge is 2.37. The molecule has 2 atom stereocenters. The van der Waals surface area contributed by atoms with Gasteiger partial charge in [0.1, 0.15) is 17.4 Å². The highest BCUT2D eigenvalue weighted by atomic mass is 35.5. The van der Waals surface area contributed by atoms with E-state index in [4.69, 9.17) is 16.3 Å². The van der Waals surface area contributed by atoms with Crippen LogP contribution in [0.1, 0.15) is 10.7 Å². The van der Waals surface area contributed by atoms with Crippen molar-refractivity contribution >= 4 is 53.7 Å². The Morgan fingerprint density at radius 3 is 2.56 bits per heavy atom. The maximum absolute atomic E-state index is 12.5. The van der Waals surface area contributed by atoms with Crippen LogP contribution in [0.2, 0.25) is 5.02 Å². The van der Waals surface area contributed by atoms with E-state index in [1.807, 2.05) is 22.4 Å². The largest absolute Gasteiger partial charge is 0.486 e. The molecule has 148 valence electrons. The van der Waals surface area contributed by atoms with E-state index < -0.39 is 0 Å². The van der Waals surface area contributed by atoms with Crippen LogP contribution < -0.4 is 10.1 Å². The van der Waals surface area contributed by atoms with Crippen LogP contribution in [0.3, 0.4) is 0 Å². The first-order valence-electron chi connectivity index (χ1n) is 8.47. The van der Waals surface area contributed by atoms with E-state index >= 15 is 0 Å². The summed E-state index contributed by atoms with van der Waals surface area (Å²) in [6.07, 6.45) is 0.379. The smallest absolute Gasteiger partial charge is 0.228 e. The monoisotopic (exact) mass is 449 g/mol. The van der Waals surface area contributed by atoms with Crippen LogP contribution in [0.15, 0.2) is 29.6 Å². The lowest BCUT2D eigenvalue weighted by molar-refractivity contribution is -0.129. The molecule has 3 heterocycles. The average Bonchev–Trinajstić information content (AvgIpc) is 3.30. The van der Waals surface area contributed by atoms with Gasteiger partial charge in [-0.2, -0.15) is 0 Å². The van der Waals surface area contributed by atoms with Gasteiger partial charge in [-0.05, 0) is 36.1 Å². The molecule has 1 N–H and O–H groups in total. The molecule has 1 aromatic heterocycles. The Morgan fingerprint density at radius 1 is 1.22 bits per heavy atom. The number of halogens is 3. The minimum absolute atomic E-state index is 0. The second-order valence-corrected chi connectivity index (χ2v) is 8.01. The van der Waals surface area contributed by atoms with Gasteiger partial charge in [-0.1, -0.05) is 11.6 Å². The van der Waals surface area contributed by atoms with Crippen molar-refractivity contribution < 1.29 is 9.53 Å². The van der Waals surface area contributed by atoms with E-state index in [1.165, 1.54) is 11.3 Å². The molecule has 0 aliphatic carbocycles. The zero-order valence-corrected chi connectivity index (χ0v) is 17.8. The number of nitrogens with zero attached hydrogens (tertiary/aromatic N) is 2. The van der Waals surface area contributed by atoms with Gasteiger partial charge in [0.15, 0.2) is 0 Å². The topological polar surface area (TPSA) is 54.5 Å². The summed E-state index contributed by atoms with van der Waals surface area (Å²) >= 11 is 7.39. The van der Waals surface area contributed by atoms with Crippen LogP contribution in [0.5, 0.6) is 5.75 Å². The summed E-state index contributed by atoms with van der Waals surface area (Å²) in [6.45, 7) is 4.25. The summed E-state index contributed by atoms with van der Waals surface area (Å²) in [5, 5.41) is 6.91. The molecule has 2 aromatic rings. The fraction of sp³-hybridized carbons (Fsp3) is 0.444. The van der Waals surface area contributed by atoms with Crippen LogP contribution in [0, 0.1) is 11.8 Å². The van der Waals surface area contributed by atoms with Gasteiger partial charge in [0.2, 0.25) is 5.91 Å². The summed E-state index contributed by atoms with van der Waals surface area (Å²) in [7, 11) is 0. The van der Waals surface area contributed by atoms with Gasteiger partial charge in [-0.25, -0.2) is 4.98 Å². The van der Waals surface area contributed by atoms with Gasteiger partial charge < -0.3 is 15.0 Å². The highest BCUT2D eigenvalue weighted by Crippen LogP contribution is 2.27. The maximum atomic E-state index is 12.5. The number of rotatable bonds is 5. The summed E-state index contributed by atoms with van der Waals surface area (Å²) in [5.41, 5.74) is 0.833. The predicted molar refractivity (Wildman–Crippen MR) is 113 cm³/mol. The number of hydrogen-bond donors (Lipinski definition) is 1. The fourth-order valence-corrected chi connectivity index (χ4v) is 4.33. The van der Waals surface area contributed by atoms with E-state index in [-0.39, 0.29) is 30.7 Å². The molecule has 2 aliphatic rings. The summed E-state index contributed by atoms with van der Waals surface area (Å²) < 4.78 is 5.70. The normalized spacial score (nSPS) is 20.6. The number of benzene rings is 1. The Labute approximate surface area is 180 Å². The molecule has 2 aliphatic heterocycles. The Bertz CT molecular complexity index is 745. The number of thiazole rings is 1. The Morgan fingerprint density at radius 2 is 1.89 bits per heavy atom. The molecule has 0 saturated carbocycles. The Balaban J connectivity index is 0.00000131. The third-order valence-electron chi connectivity index (χ3n) is 4.85. The van der Waals surface area contributed by atoms with Crippen LogP contribution in [-0.4, -0.2) is 42.0 Å². The molecule has 5 nitrogen and oxygen atoms in total. The van der Waals surface area contributed by atoms with E-state index in [0.29, 0.717) is 29.9 Å². The molecule has 9 heteroatoms. The van der Waals surface area contributed by atoms with Gasteiger partial charge in [-0.3, -0.25) is 4.79 Å². The zero-order chi connectivity index (χ0) is 17.2. The van der Waals surface area contributed by atoms with Gasteiger partial charge in [-0.15, -0.1) is 36.2 Å². The minimum Gasteiger partial charge on any atom is -0.486 e. The molecule has 4 rings (SSSR count). The number of carbonyl (C=O) groups excluding carboxylic acids is 1. The van der Waals surface area contributed by atoms with E-state index in [2.05, 4.69) is 10.3 Å². The summed E-state index contributed by atoms with van der Waals surface area (Å²) in [4.78, 5) is 19.0. The van der Waals surface area contributed by atoms with Crippen LogP contribution in [-0.2, 0) is 17.8 Å². The number of aromatic nitrogens is 1. The number of likely N-dealkylation sites (tertiary alicyclic amines) is 1. The van der Waals surface area contributed by atoms with Gasteiger partial charge in [0.25, 0.3) is 0 Å². The number of amides is 1. The molecule has 27 heavy (non-hydrogen) atoms. The van der Waals surface area contributed by atoms with Crippen LogP contribution in [0.25, 0.3) is 0 Å². The zero-order valence-electron chi connectivity index (χ0n) is 14.6. The van der Waals surface area contributed by atoms with Gasteiger partial charge >= 0.3 is 0 Å². The van der Waals surface area contributed by atoms with Crippen molar-refractivity contribution in [2.24, 2.45) is 11.8 Å². The average molecular weight is 451 g/mol. The first-order valence-corrected chi connectivity index (χ1v) is 9.73. The summed E-state index contributed by atoms with van der Waals surface area (Å²) in [5.74, 6) is 2.20. The first kappa shape index (κ1) is 22.2. The minimum atomic E-state index is 0. The van der Waals surface area contributed by atoms with Crippen molar-refractivity contribution in [2.45, 2.75) is 13.0 Å². The molecule has 1 amide bonds. The molecule has 1 aromatic carbocycles. The number of nitrogens with one attached hydrogen (secondary N) is 1. The van der Waals surface area contributed by atoms with Crippen molar-refractivity contribution in [3.63, 3.8) is 0 Å². The van der Waals surface area contributed by atoms with Crippen LogP contribution in [0.4, 0.5) is 0 Å². The van der Waals surface area contributed by atoms with Gasteiger partial charge in [0.05, 0.1) is 12.1 Å². The van der Waals surface area contributed by atoms with Crippen molar-refractivity contribution in [1.29, 1.82) is 0 Å². The van der Waals surface area contributed by atoms with Crippen molar-refractivity contribution in [3.8, 4) is 5.75 Å². The standard InChI is InChI=1S/C18H20ClN3O2S.2ClH/c19-14-1-3-16(4-2-14)24-10-17-21-15(11-25-17)5-18(23)22-8-12-6-20-7-13(12)9-22;;/h1-4,11-13,20H,5-10H2;2*1H/t12-,13+;;. The van der Waals surface area contributed by atoms with E-state index in [1.54, 1.807) is 12.1 Å². The third-order valence-corrected chi connectivity index (χ3v) is 5.97. The molecule has 0 bridgehead atoms. The quantitative estimate of drug-likeness (QED) is 0.758. The number of hydrogen-bond acceptors (Lipinski definition) is 5. The third kappa shape index (κ3) is 5.48. The number of ether oxygens (including phenoxy) is 1. The highest BCUT2D eigenvalue weighted by molar-refractivity contribution is 7.09. The lowest BCUT2D eigenvalue weighted by Crippen LogP contribution is -2.33. The molecule has 0 radical (unpaired) electrons. The first-order chi connectivity index (χ1) is 12.2. The van der Waals surface area contributed by atoms with Gasteiger partial charge in [0, 0.05) is 36.6 Å². The number of carbonyl (C=O) groups is 1. The van der Waals surface area contributed by atoms with Crippen molar-refractivity contribution in [3.05, 3.63) is 45.4 Å². The Hall–Kier alpha value is -1.05. The molecule has 2 saturated heterocycles. The maximum Gasteiger partial charge on any atom is 0.228 e. The van der Waals surface area contributed by atoms with E-state index in [0.717, 1.165) is 42.6 Å². The number of fused-ring (bicyclic) bond motifs is 1. The molecular weight excluding hydrogens is 429 g/mol. The van der Waals surface area contributed by atoms with E-state index in [9.17, 15) is 4.79 Å². The molecular formula is C18H22Cl3N3O2S. The molecule has 0 unspecified atom stereocenters. The second kappa shape index (κ2) is 9.94. The lowest BCUT2D eigenvalue weighted by Gasteiger charge is -2.16. The second-order valence-electron chi connectivity index (χ2n) is 6.63.